The van der Waals surface area contributed by atoms with Crippen LogP contribution < -0.4 is 5.32 Å². The molecule has 0 aliphatic heterocycles. The van der Waals surface area contributed by atoms with Gasteiger partial charge in [0.25, 0.3) is 0 Å². The van der Waals surface area contributed by atoms with E-state index in [4.69, 9.17) is 5.11 Å². The molecule has 0 radical (unpaired) electrons. The molecule has 19 heavy (non-hydrogen) atoms. The minimum atomic E-state index is -0.897. The predicted octanol–water partition coefficient (Wildman–Crippen LogP) is 4.53. The molecular weight excluding hydrogens is 306 g/mol. The molecule has 1 unspecified atom stereocenters. The van der Waals surface area contributed by atoms with Gasteiger partial charge in [-0.3, -0.25) is 0 Å². The fourth-order valence-corrected chi connectivity index (χ4v) is 3.30. The normalized spacial score (nSPS) is 21.9. The Morgan fingerprint density at radius 3 is 2.79 bits per heavy atom. The molecule has 1 aliphatic carbocycles. The molecule has 0 bridgehead atoms. The van der Waals surface area contributed by atoms with E-state index < -0.39 is 5.97 Å². The Labute approximate surface area is 122 Å². The van der Waals surface area contributed by atoms with E-state index in [-0.39, 0.29) is 0 Å². The summed E-state index contributed by atoms with van der Waals surface area (Å²) in [4.78, 5) is 10.9. The van der Waals surface area contributed by atoms with Crippen LogP contribution in [-0.4, -0.2) is 17.1 Å². The summed E-state index contributed by atoms with van der Waals surface area (Å²) < 4.78 is 0.816. The van der Waals surface area contributed by atoms with Crippen LogP contribution in [0.15, 0.2) is 22.7 Å². The first kappa shape index (κ1) is 14.4. The number of carboxylic acids is 1. The highest BCUT2D eigenvalue weighted by Crippen LogP contribution is 2.37. The molecule has 104 valence electrons. The Morgan fingerprint density at radius 2 is 2.21 bits per heavy atom. The highest BCUT2D eigenvalue weighted by molar-refractivity contribution is 9.10. The number of benzene rings is 1. The Balaban J connectivity index is 2.09. The van der Waals surface area contributed by atoms with Crippen molar-refractivity contribution in [2.24, 2.45) is 5.41 Å². The zero-order valence-corrected chi connectivity index (χ0v) is 13.0. The van der Waals surface area contributed by atoms with Crippen molar-refractivity contribution >= 4 is 27.6 Å². The summed E-state index contributed by atoms with van der Waals surface area (Å²) in [5.74, 6) is -0.897. The zero-order chi connectivity index (χ0) is 14.0. The number of nitrogens with one attached hydrogen (secondary N) is 1. The Bertz CT molecular complexity index is 485. The molecule has 0 amide bonds. The van der Waals surface area contributed by atoms with Gasteiger partial charge in [-0.25, -0.2) is 4.79 Å². The summed E-state index contributed by atoms with van der Waals surface area (Å²) in [5.41, 5.74) is 1.68. The molecule has 0 spiro atoms. The molecule has 2 rings (SSSR count). The molecule has 4 heteroatoms. The Morgan fingerprint density at radius 1 is 1.47 bits per heavy atom. The third-order valence-electron chi connectivity index (χ3n) is 3.78. The fraction of sp³-hybridized carbons (Fsp3) is 0.533. The van der Waals surface area contributed by atoms with Crippen LogP contribution in [0.5, 0.6) is 0 Å². The van der Waals surface area contributed by atoms with E-state index in [1.165, 1.54) is 19.3 Å². The van der Waals surface area contributed by atoms with Crippen molar-refractivity contribution in [2.75, 3.05) is 5.32 Å². The zero-order valence-electron chi connectivity index (χ0n) is 11.4. The van der Waals surface area contributed by atoms with Crippen molar-refractivity contribution in [1.29, 1.82) is 0 Å². The van der Waals surface area contributed by atoms with Gasteiger partial charge in [0, 0.05) is 16.2 Å². The number of rotatable bonds is 3. The van der Waals surface area contributed by atoms with Crippen molar-refractivity contribution in [3.63, 3.8) is 0 Å². The van der Waals surface area contributed by atoms with Crippen LogP contribution in [0.2, 0.25) is 0 Å². The second-order valence-electron chi connectivity index (χ2n) is 6.10. The molecule has 0 saturated heterocycles. The average Bonchev–Trinajstić information content (AvgIpc) is 2.30. The number of carbonyl (C=O) groups is 1. The van der Waals surface area contributed by atoms with Crippen LogP contribution in [0.3, 0.4) is 0 Å². The van der Waals surface area contributed by atoms with E-state index in [0.29, 0.717) is 17.0 Å². The maximum Gasteiger partial charge on any atom is 0.335 e. The van der Waals surface area contributed by atoms with Gasteiger partial charge in [0.05, 0.1) is 5.56 Å². The molecule has 3 nitrogen and oxygen atoms in total. The average molecular weight is 326 g/mol. The van der Waals surface area contributed by atoms with Crippen molar-refractivity contribution in [2.45, 2.75) is 45.6 Å². The van der Waals surface area contributed by atoms with E-state index in [0.717, 1.165) is 16.6 Å². The second kappa shape index (κ2) is 5.53. The summed E-state index contributed by atoms with van der Waals surface area (Å²) in [6.07, 6.45) is 4.86. The van der Waals surface area contributed by atoms with Gasteiger partial charge in [-0.2, -0.15) is 0 Å². The lowest BCUT2D eigenvalue weighted by Gasteiger charge is -2.36. The topological polar surface area (TPSA) is 49.3 Å². The summed E-state index contributed by atoms with van der Waals surface area (Å²) in [6.45, 7) is 4.62. The van der Waals surface area contributed by atoms with Gasteiger partial charge < -0.3 is 10.4 Å². The number of hydrogen-bond donors (Lipinski definition) is 2. The number of halogens is 1. The molecule has 0 aromatic heterocycles. The van der Waals surface area contributed by atoms with Crippen molar-refractivity contribution in [3.8, 4) is 0 Å². The van der Waals surface area contributed by atoms with Crippen molar-refractivity contribution in [3.05, 3.63) is 28.2 Å². The van der Waals surface area contributed by atoms with Gasteiger partial charge in [0.1, 0.15) is 0 Å². The quantitative estimate of drug-likeness (QED) is 0.858. The van der Waals surface area contributed by atoms with Crippen LogP contribution in [0.1, 0.15) is 49.9 Å². The molecule has 1 saturated carbocycles. The first-order valence-electron chi connectivity index (χ1n) is 6.67. The van der Waals surface area contributed by atoms with E-state index in [2.05, 4.69) is 35.1 Å². The van der Waals surface area contributed by atoms with Crippen molar-refractivity contribution in [1.82, 2.24) is 0 Å². The second-order valence-corrected chi connectivity index (χ2v) is 6.96. The lowest BCUT2D eigenvalue weighted by Crippen LogP contribution is -2.31. The summed E-state index contributed by atoms with van der Waals surface area (Å²) in [7, 11) is 0. The van der Waals surface area contributed by atoms with E-state index in [1.807, 2.05) is 6.07 Å². The third kappa shape index (κ3) is 3.72. The summed E-state index contributed by atoms with van der Waals surface area (Å²) in [6, 6.07) is 5.60. The van der Waals surface area contributed by atoms with E-state index in [9.17, 15) is 4.79 Å². The first-order valence-corrected chi connectivity index (χ1v) is 7.46. The molecular formula is C15H20BrNO2. The van der Waals surface area contributed by atoms with Gasteiger partial charge >= 0.3 is 5.97 Å². The Hall–Kier alpha value is -1.03. The van der Waals surface area contributed by atoms with E-state index >= 15 is 0 Å². The lowest BCUT2D eigenvalue weighted by molar-refractivity contribution is 0.0697. The van der Waals surface area contributed by atoms with Crippen LogP contribution in [0.25, 0.3) is 0 Å². The monoisotopic (exact) mass is 325 g/mol. The molecule has 1 atom stereocenters. The van der Waals surface area contributed by atoms with Gasteiger partial charge in [-0.05, 0) is 58.8 Å². The minimum Gasteiger partial charge on any atom is -0.478 e. The highest BCUT2D eigenvalue weighted by atomic mass is 79.9. The predicted molar refractivity (Wildman–Crippen MR) is 80.8 cm³/mol. The van der Waals surface area contributed by atoms with Gasteiger partial charge in [-0.15, -0.1) is 0 Å². The molecule has 1 aromatic rings. The number of anilines is 1. The SMILES string of the molecule is CC1(C)CCCC(Nc2ccc(C(=O)O)cc2Br)C1. The number of aromatic carboxylic acids is 1. The van der Waals surface area contributed by atoms with Gasteiger partial charge in [0.2, 0.25) is 0 Å². The van der Waals surface area contributed by atoms with Crippen LogP contribution >= 0.6 is 15.9 Å². The van der Waals surface area contributed by atoms with Crippen molar-refractivity contribution < 1.29 is 9.90 Å². The lowest BCUT2D eigenvalue weighted by atomic mass is 9.75. The standard InChI is InChI=1S/C15H20BrNO2/c1-15(2)7-3-4-11(9-15)17-13-6-5-10(14(18)19)8-12(13)16/h5-6,8,11,17H,3-4,7,9H2,1-2H3,(H,18,19). The van der Waals surface area contributed by atoms with Gasteiger partial charge in [0.15, 0.2) is 0 Å². The van der Waals surface area contributed by atoms with E-state index in [1.54, 1.807) is 12.1 Å². The maximum atomic E-state index is 10.9. The smallest absolute Gasteiger partial charge is 0.335 e. The molecule has 1 aliphatic rings. The van der Waals surface area contributed by atoms with Gasteiger partial charge in [-0.1, -0.05) is 20.3 Å². The summed E-state index contributed by atoms with van der Waals surface area (Å²) >= 11 is 3.44. The fourth-order valence-electron chi connectivity index (χ4n) is 2.81. The largest absolute Gasteiger partial charge is 0.478 e. The highest BCUT2D eigenvalue weighted by Gasteiger charge is 2.28. The molecule has 2 N–H and O–H groups in total. The number of carboxylic acid groups (broad SMARTS) is 1. The Kier molecular flexibility index (Phi) is 4.19. The molecule has 1 aromatic carbocycles. The molecule has 0 heterocycles. The molecule has 1 fully saturated rings. The third-order valence-corrected chi connectivity index (χ3v) is 4.44. The van der Waals surface area contributed by atoms with Crippen LogP contribution in [-0.2, 0) is 0 Å². The first-order chi connectivity index (χ1) is 8.87. The maximum absolute atomic E-state index is 10.9. The summed E-state index contributed by atoms with van der Waals surface area (Å²) in [5, 5.41) is 12.5. The van der Waals surface area contributed by atoms with Crippen LogP contribution in [0, 0.1) is 5.41 Å². The number of hydrogen-bond acceptors (Lipinski definition) is 2. The van der Waals surface area contributed by atoms with Crippen LogP contribution in [0.4, 0.5) is 5.69 Å². The minimum absolute atomic E-state index is 0.307.